The van der Waals surface area contributed by atoms with Gasteiger partial charge in [0.15, 0.2) is 0 Å². The maximum Gasteiger partial charge on any atom is 0.236 e. The van der Waals surface area contributed by atoms with Crippen molar-refractivity contribution in [2.24, 2.45) is 0 Å². The van der Waals surface area contributed by atoms with E-state index in [9.17, 15) is 4.79 Å². The third kappa shape index (κ3) is 4.18. The van der Waals surface area contributed by atoms with Gasteiger partial charge in [-0.05, 0) is 20.5 Å². The van der Waals surface area contributed by atoms with E-state index < -0.39 is 0 Å². The molecule has 1 N–H and O–H groups in total. The molecule has 15 heavy (non-hydrogen) atoms. The number of carbonyl (C=O) groups excluding carboxylic acids is 1. The Balaban J connectivity index is 2.32. The highest BCUT2D eigenvalue weighted by molar-refractivity contribution is 5.78. The Morgan fingerprint density at radius 2 is 2.20 bits per heavy atom. The van der Waals surface area contributed by atoms with Crippen LogP contribution in [0.5, 0.6) is 0 Å². The molecule has 0 spiro atoms. The Labute approximate surface area is 92.6 Å². The Hall–Kier alpha value is -0.610. The van der Waals surface area contributed by atoms with Crippen molar-refractivity contribution in [2.75, 3.05) is 33.7 Å². The number of nitrogens with zero attached hydrogens (tertiary/aromatic N) is 2. The second-order valence-corrected chi connectivity index (χ2v) is 4.88. The van der Waals surface area contributed by atoms with Crippen LogP contribution >= 0.6 is 0 Å². The van der Waals surface area contributed by atoms with E-state index in [-0.39, 0.29) is 5.91 Å². The van der Waals surface area contributed by atoms with Crippen molar-refractivity contribution >= 4 is 5.91 Å². The third-order valence-electron chi connectivity index (χ3n) is 2.56. The first kappa shape index (κ1) is 12.5. The summed E-state index contributed by atoms with van der Waals surface area (Å²) >= 11 is 0. The summed E-state index contributed by atoms with van der Waals surface area (Å²) in [4.78, 5) is 15.6. The first-order chi connectivity index (χ1) is 6.99. The topological polar surface area (TPSA) is 35.6 Å². The van der Waals surface area contributed by atoms with Crippen LogP contribution in [-0.2, 0) is 4.79 Å². The van der Waals surface area contributed by atoms with Crippen LogP contribution in [0.1, 0.15) is 20.3 Å². The SMILES string of the molecule is CC(C)N[C@@H]1CCN(C(=O)CN(C)C)C1. The van der Waals surface area contributed by atoms with Crippen molar-refractivity contribution in [3.63, 3.8) is 0 Å². The van der Waals surface area contributed by atoms with Gasteiger partial charge in [-0.2, -0.15) is 0 Å². The Bertz CT molecular complexity index is 216. The summed E-state index contributed by atoms with van der Waals surface area (Å²) in [5.41, 5.74) is 0. The molecule has 1 amide bonds. The second kappa shape index (κ2) is 5.47. The minimum Gasteiger partial charge on any atom is -0.340 e. The summed E-state index contributed by atoms with van der Waals surface area (Å²) in [6.07, 6.45) is 1.08. The van der Waals surface area contributed by atoms with E-state index in [1.165, 1.54) is 0 Å². The van der Waals surface area contributed by atoms with E-state index in [2.05, 4.69) is 19.2 Å². The van der Waals surface area contributed by atoms with Crippen LogP contribution in [0.3, 0.4) is 0 Å². The van der Waals surface area contributed by atoms with Gasteiger partial charge < -0.3 is 15.1 Å². The van der Waals surface area contributed by atoms with Crippen LogP contribution in [0.15, 0.2) is 0 Å². The van der Waals surface area contributed by atoms with E-state index in [0.717, 1.165) is 19.5 Å². The molecule has 1 rings (SSSR count). The molecule has 0 aromatic rings. The van der Waals surface area contributed by atoms with Crippen LogP contribution < -0.4 is 5.32 Å². The highest BCUT2D eigenvalue weighted by Crippen LogP contribution is 2.10. The van der Waals surface area contributed by atoms with E-state index in [1.807, 2.05) is 23.9 Å². The molecule has 0 bridgehead atoms. The van der Waals surface area contributed by atoms with Gasteiger partial charge in [-0.25, -0.2) is 0 Å². The Morgan fingerprint density at radius 1 is 1.53 bits per heavy atom. The van der Waals surface area contributed by atoms with E-state index in [1.54, 1.807) is 0 Å². The van der Waals surface area contributed by atoms with Crippen molar-refractivity contribution < 1.29 is 4.79 Å². The average molecular weight is 213 g/mol. The lowest BCUT2D eigenvalue weighted by molar-refractivity contribution is -0.130. The average Bonchev–Trinajstić information content (AvgIpc) is 2.50. The summed E-state index contributed by atoms with van der Waals surface area (Å²) < 4.78 is 0. The normalized spacial score (nSPS) is 21.7. The Morgan fingerprint density at radius 3 is 2.73 bits per heavy atom. The number of rotatable bonds is 4. The quantitative estimate of drug-likeness (QED) is 0.722. The zero-order chi connectivity index (χ0) is 11.4. The van der Waals surface area contributed by atoms with Crippen molar-refractivity contribution in [2.45, 2.75) is 32.4 Å². The molecule has 0 aromatic carbocycles. The molecule has 4 nitrogen and oxygen atoms in total. The molecule has 0 aromatic heterocycles. The third-order valence-corrected chi connectivity index (χ3v) is 2.56. The van der Waals surface area contributed by atoms with E-state index >= 15 is 0 Å². The number of nitrogens with one attached hydrogen (secondary N) is 1. The van der Waals surface area contributed by atoms with Crippen LogP contribution in [0.25, 0.3) is 0 Å². The monoisotopic (exact) mass is 213 g/mol. The van der Waals surface area contributed by atoms with Gasteiger partial charge in [0.25, 0.3) is 0 Å². The predicted octanol–water partition coefficient (Wildman–Crippen LogP) is 0.147. The molecule has 1 aliphatic rings. The largest absolute Gasteiger partial charge is 0.340 e. The molecule has 1 aliphatic heterocycles. The van der Waals surface area contributed by atoms with Gasteiger partial charge in [-0.15, -0.1) is 0 Å². The molecule has 88 valence electrons. The number of amides is 1. The lowest BCUT2D eigenvalue weighted by atomic mass is 10.2. The zero-order valence-electron chi connectivity index (χ0n) is 10.3. The zero-order valence-corrected chi connectivity index (χ0v) is 10.3. The fourth-order valence-corrected chi connectivity index (χ4v) is 1.96. The second-order valence-electron chi connectivity index (χ2n) is 4.88. The summed E-state index contributed by atoms with van der Waals surface area (Å²) in [5.74, 6) is 0.244. The molecule has 0 radical (unpaired) electrons. The van der Waals surface area contributed by atoms with E-state index in [0.29, 0.717) is 18.6 Å². The molecule has 1 atom stereocenters. The maximum atomic E-state index is 11.7. The molecule has 0 aliphatic carbocycles. The van der Waals surface area contributed by atoms with Gasteiger partial charge in [0, 0.05) is 25.2 Å². The fraction of sp³-hybridized carbons (Fsp3) is 0.909. The molecular weight excluding hydrogens is 190 g/mol. The van der Waals surface area contributed by atoms with E-state index in [4.69, 9.17) is 0 Å². The lowest BCUT2D eigenvalue weighted by Gasteiger charge is -2.20. The highest BCUT2D eigenvalue weighted by Gasteiger charge is 2.26. The van der Waals surface area contributed by atoms with Crippen molar-refractivity contribution in [3.05, 3.63) is 0 Å². The first-order valence-electron chi connectivity index (χ1n) is 5.67. The van der Waals surface area contributed by atoms with Crippen LogP contribution in [-0.4, -0.2) is 61.5 Å². The minimum atomic E-state index is 0.244. The number of hydrogen-bond acceptors (Lipinski definition) is 3. The van der Waals surface area contributed by atoms with Gasteiger partial charge in [-0.3, -0.25) is 4.79 Å². The van der Waals surface area contributed by atoms with Crippen molar-refractivity contribution in [1.29, 1.82) is 0 Å². The predicted molar refractivity (Wildman–Crippen MR) is 61.8 cm³/mol. The van der Waals surface area contributed by atoms with Crippen LogP contribution in [0.2, 0.25) is 0 Å². The number of carbonyl (C=O) groups is 1. The smallest absolute Gasteiger partial charge is 0.236 e. The highest BCUT2D eigenvalue weighted by atomic mass is 16.2. The number of likely N-dealkylation sites (N-methyl/N-ethyl adjacent to an activating group) is 1. The minimum absolute atomic E-state index is 0.244. The Kier molecular flexibility index (Phi) is 4.54. The van der Waals surface area contributed by atoms with Gasteiger partial charge in [0.2, 0.25) is 5.91 Å². The summed E-state index contributed by atoms with van der Waals surface area (Å²) in [6, 6.07) is 0.981. The van der Waals surface area contributed by atoms with Gasteiger partial charge in [-0.1, -0.05) is 13.8 Å². The van der Waals surface area contributed by atoms with Gasteiger partial charge in [0.1, 0.15) is 0 Å². The standard InChI is InChI=1S/C11H23N3O/c1-9(2)12-10-5-6-14(7-10)11(15)8-13(3)4/h9-10,12H,5-8H2,1-4H3/t10-/m1/s1. The van der Waals surface area contributed by atoms with Crippen LogP contribution in [0.4, 0.5) is 0 Å². The molecule has 1 fully saturated rings. The number of likely N-dealkylation sites (tertiary alicyclic amines) is 1. The first-order valence-corrected chi connectivity index (χ1v) is 5.67. The molecule has 0 saturated carbocycles. The lowest BCUT2D eigenvalue weighted by Crippen LogP contribution is -2.40. The molecule has 4 heteroatoms. The van der Waals surface area contributed by atoms with Crippen LogP contribution in [0, 0.1) is 0 Å². The fourth-order valence-electron chi connectivity index (χ4n) is 1.96. The van der Waals surface area contributed by atoms with Crippen molar-refractivity contribution in [3.8, 4) is 0 Å². The van der Waals surface area contributed by atoms with Gasteiger partial charge >= 0.3 is 0 Å². The summed E-state index contributed by atoms with van der Waals surface area (Å²) in [6.45, 7) is 6.57. The number of hydrogen-bond donors (Lipinski definition) is 1. The van der Waals surface area contributed by atoms with Gasteiger partial charge in [0.05, 0.1) is 6.54 Å². The molecular formula is C11H23N3O. The van der Waals surface area contributed by atoms with Crippen molar-refractivity contribution in [1.82, 2.24) is 15.1 Å². The molecule has 1 heterocycles. The summed E-state index contributed by atoms with van der Waals surface area (Å²) in [7, 11) is 3.86. The molecule has 0 unspecified atom stereocenters. The maximum absolute atomic E-state index is 11.7. The summed E-state index contributed by atoms with van der Waals surface area (Å²) in [5, 5.41) is 3.47. The molecule has 1 saturated heterocycles.